The summed E-state index contributed by atoms with van der Waals surface area (Å²) in [4.78, 5) is 25.8. The van der Waals surface area contributed by atoms with Gasteiger partial charge in [0.2, 0.25) is 0 Å². The first kappa shape index (κ1) is 19.1. The van der Waals surface area contributed by atoms with E-state index in [0.29, 0.717) is 16.9 Å². The Kier molecular flexibility index (Phi) is 5.44. The summed E-state index contributed by atoms with van der Waals surface area (Å²) in [5.41, 5.74) is 3.17. The molecule has 28 heavy (non-hydrogen) atoms. The van der Waals surface area contributed by atoms with Gasteiger partial charge >= 0.3 is 0 Å². The molecule has 0 unspecified atom stereocenters. The molecule has 2 fully saturated rings. The highest BCUT2D eigenvalue weighted by molar-refractivity contribution is 5.94. The number of likely N-dealkylation sites (tertiary alicyclic amines) is 2. The predicted molar refractivity (Wildman–Crippen MR) is 110 cm³/mol. The highest BCUT2D eigenvalue weighted by atomic mass is 16.2. The van der Waals surface area contributed by atoms with Crippen LogP contribution in [0, 0.1) is 12.3 Å². The number of piperidine rings is 2. The van der Waals surface area contributed by atoms with Crippen molar-refractivity contribution in [3.63, 3.8) is 0 Å². The number of carbonyl (C=O) groups excluding carboxylic acids is 1. The van der Waals surface area contributed by atoms with Crippen molar-refractivity contribution in [2.75, 3.05) is 32.7 Å². The Hall–Kier alpha value is -2.27. The summed E-state index contributed by atoms with van der Waals surface area (Å²) in [6.07, 6.45) is 6.53. The molecule has 5 heteroatoms. The van der Waals surface area contributed by atoms with Gasteiger partial charge in [-0.1, -0.05) is 37.3 Å². The average Bonchev–Trinajstić information content (AvgIpc) is 2.74. The van der Waals surface area contributed by atoms with Crippen molar-refractivity contribution >= 4 is 5.91 Å². The summed E-state index contributed by atoms with van der Waals surface area (Å²) in [5.74, 6) is 0.664. The molecule has 0 radical (unpaired) electrons. The first-order valence-corrected chi connectivity index (χ1v) is 10.4. The van der Waals surface area contributed by atoms with Crippen molar-refractivity contribution in [3.8, 4) is 0 Å². The summed E-state index contributed by atoms with van der Waals surface area (Å²) in [7, 11) is 0. The topological polar surface area (TPSA) is 49.3 Å². The van der Waals surface area contributed by atoms with Gasteiger partial charge in [-0.2, -0.15) is 0 Å². The molecule has 1 spiro atoms. The molecular formula is C23H30N4O. The van der Waals surface area contributed by atoms with E-state index in [9.17, 15) is 4.79 Å². The third kappa shape index (κ3) is 3.81. The minimum atomic E-state index is 0.0794. The van der Waals surface area contributed by atoms with E-state index < -0.39 is 0 Å². The van der Waals surface area contributed by atoms with Crippen LogP contribution in [-0.4, -0.2) is 58.4 Å². The molecule has 1 amide bonds. The number of rotatable bonds is 3. The number of benzene rings is 1. The molecule has 0 N–H and O–H groups in total. The molecule has 3 heterocycles. The van der Waals surface area contributed by atoms with Crippen LogP contribution >= 0.6 is 0 Å². The lowest BCUT2D eigenvalue weighted by molar-refractivity contribution is 0.0158. The van der Waals surface area contributed by atoms with Gasteiger partial charge in [-0.15, -0.1) is 0 Å². The fourth-order valence-electron chi connectivity index (χ4n) is 5.01. The number of carbonyl (C=O) groups is 1. The second kappa shape index (κ2) is 8.00. The summed E-state index contributed by atoms with van der Waals surface area (Å²) in [5, 5.41) is 0. The van der Waals surface area contributed by atoms with Crippen LogP contribution in [0.15, 0.2) is 42.9 Å². The Labute approximate surface area is 167 Å². The van der Waals surface area contributed by atoms with E-state index in [4.69, 9.17) is 0 Å². The van der Waals surface area contributed by atoms with Crippen LogP contribution in [0.4, 0.5) is 0 Å². The number of hydrogen-bond acceptors (Lipinski definition) is 4. The van der Waals surface area contributed by atoms with E-state index >= 15 is 0 Å². The molecule has 5 nitrogen and oxygen atoms in total. The summed E-state index contributed by atoms with van der Waals surface area (Å²) < 4.78 is 0. The molecule has 0 bridgehead atoms. The fourth-order valence-corrected chi connectivity index (χ4v) is 5.01. The molecule has 2 aliphatic heterocycles. The number of nitrogens with zero attached hydrogens (tertiary/aromatic N) is 4. The maximum atomic E-state index is 12.9. The zero-order valence-corrected chi connectivity index (χ0v) is 17.0. The van der Waals surface area contributed by atoms with Crippen LogP contribution in [0.5, 0.6) is 0 Å². The van der Waals surface area contributed by atoms with Crippen LogP contribution in [0.1, 0.15) is 53.7 Å². The van der Waals surface area contributed by atoms with Gasteiger partial charge in [-0.05, 0) is 49.6 Å². The summed E-state index contributed by atoms with van der Waals surface area (Å²) in [6, 6.07) is 10.9. The second-order valence-electron chi connectivity index (χ2n) is 8.45. The molecule has 1 atom stereocenters. The standard InChI is InChI=1S/C23H30N4O/c1-3-26-15-20(19-7-5-4-6-8-19)13-23(16-26)9-11-27(12-10-23)22(28)21-14-24-17-25-18(21)2/h4-8,14,17,20H,3,9-13,15-16H2,1-2H3/t20-/m1/s1. The average molecular weight is 379 g/mol. The van der Waals surface area contributed by atoms with Crippen molar-refractivity contribution in [3.05, 3.63) is 59.7 Å². The molecule has 148 valence electrons. The highest BCUT2D eigenvalue weighted by Gasteiger charge is 2.42. The molecule has 2 saturated heterocycles. The molecular weight excluding hydrogens is 348 g/mol. The molecule has 2 aliphatic rings. The smallest absolute Gasteiger partial charge is 0.257 e. The Morgan fingerprint density at radius 2 is 1.96 bits per heavy atom. The maximum Gasteiger partial charge on any atom is 0.257 e. The first-order valence-electron chi connectivity index (χ1n) is 10.4. The number of likely N-dealkylation sites (N-methyl/N-ethyl adjacent to an activating group) is 1. The quantitative estimate of drug-likeness (QED) is 0.820. The first-order chi connectivity index (χ1) is 13.6. The molecule has 0 saturated carbocycles. The fraction of sp³-hybridized carbons (Fsp3) is 0.522. The Balaban J connectivity index is 1.47. The molecule has 0 aliphatic carbocycles. The number of hydrogen-bond donors (Lipinski definition) is 0. The molecule has 1 aromatic heterocycles. The van der Waals surface area contributed by atoms with Gasteiger partial charge in [0.25, 0.3) is 5.91 Å². The largest absolute Gasteiger partial charge is 0.339 e. The predicted octanol–water partition coefficient (Wildman–Crippen LogP) is 3.52. The van der Waals surface area contributed by atoms with Crippen LogP contribution in [-0.2, 0) is 0 Å². The number of amides is 1. The molecule has 4 rings (SSSR count). The minimum Gasteiger partial charge on any atom is -0.339 e. The Bertz CT molecular complexity index is 814. The van der Waals surface area contributed by atoms with Crippen molar-refractivity contribution in [2.45, 2.75) is 39.0 Å². The van der Waals surface area contributed by atoms with Gasteiger partial charge in [-0.25, -0.2) is 9.97 Å². The second-order valence-corrected chi connectivity index (χ2v) is 8.45. The van der Waals surface area contributed by atoms with E-state index in [1.165, 1.54) is 18.3 Å². The van der Waals surface area contributed by atoms with Crippen molar-refractivity contribution in [2.24, 2.45) is 5.41 Å². The SMILES string of the molecule is CCN1C[C@H](c2ccccc2)CC2(CCN(C(=O)c3cncnc3C)CC2)C1. The number of aromatic nitrogens is 2. The maximum absolute atomic E-state index is 12.9. The lowest BCUT2D eigenvalue weighted by Crippen LogP contribution is -2.52. The Morgan fingerprint density at radius 3 is 2.64 bits per heavy atom. The summed E-state index contributed by atoms with van der Waals surface area (Å²) >= 11 is 0. The van der Waals surface area contributed by atoms with E-state index in [1.54, 1.807) is 6.20 Å². The molecule has 2 aromatic rings. The lowest BCUT2D eigenvalue weighted by atomic mass is 9.68. The lowest BCUT2D eigenvalue weighted by Gasteiger charge is -2.50. The number of aryl methyl sites for hydroxylation is 1. The minimum absolute atomic E-state index is 0.0794. The van der Waals surface area contributed by atoms with Gasteiger partial charge in [-0.3, -0.25) is 4.79 Å². The Morgan fingerprint density at radius 1 is 1.21 bits per heavy atom. The zero-order chi connectivity index (χ0) is 19.6. The third-order valence-electron chi connectivity index (χ3n) is 6.69. The zero-order valence-electron chi connectivity index (χ0n) is 17.0. The normalized spacial score (nSPS) is 22.4. The van der Waals surface area contributed by atoms with Crippen molar-refractivity contribution < 1.29 is 4.79 Å². The summed E-state index contributed by atoms with van der Waals surface area (Å²) in [6.45, 7) is 9.18. The highest BCUT2D eigenvalue weighted by Crippen LogP contribution is 2.45. The molecule has 1 aromatic carbocycles. The van der Waals surface area contributed by atoms with E-state index in [1.807, 2.05) is 11.8 Å². The van der Waals surface area contributed by atoms with Crippen LogP contribution in [0.2, 0.25) is 0 Å². The van der Waals surface area contributed by atoms with Crippen LogP contribution < -0.4 is 0 Å². The van der Waals surface area contributed by atoms with Gasteiger partial charge < -0.3 is 9.80 Å². The van der Waals surface area contributed by atoms with E-state index in [2.05, 4.69) is 52.1 Å². The van der Waals surface area contributed by atoms with Crippen LogP contribution in [0.25, 0.3) is 0 Å². The van der Waals surface area contributed by atoms with Crippen molar-refractivity contribution in [1.82, 2.24) is 19.8 Å². The van der Waals surface area contributed by atoms with Crippen molar-refractivity contribution in [1.29, 1.82) is 0 Å². The van der Waals surface area contributed by atoms with Gasteiger partial charge in [0.05, 0.1) is 11.3 Å². The van der Waals surface area contributed by atoms with Gasteiger partial charge in [0.1, 0.15) is 6.33 Å². The van der Waals surface area contributed by atoms with E-state index in [0.717, 1.165) is 51.3 Å². The van der Waals surface area contributed by atoms with Gasteiger partial charge in [0.15, 0.2) is 0 Å². The van der Waals surface area contributed by atoms with Gasteiger partial charge in [0, 0.05) is 32.4 Å². The third-order valence-corrected chi connectivity index (χ3v) is 6.69. The monoisotopic (exact) mass is 378 g/mol. The van der Waals surface area contributed by atoms with Crippen LogP contribution in [0.3, 0.4) is 0 Å². The van der Waals surface area contributed by atoms with E-state index in [-0.39, 0.29) is 5.91 Å².